The first-order chi connectivity index (χ1) is 5.89. The van der Waals surface area contributed by atoms with Gasteiger partial charge in [-0.2, -0.15) is 13.2 Å². The largest absolute Gasteiger partial charge is 0.403 e. The number of hydrogen-bond acceptors (Lipinski definition) is 2. The van der Waals surface area contributed by atoms with Crippen molar-refractivity contribution in [3.8, 4) is 0 Å². The number of thiophene rings is 1. The predicted molar refractivity (Wildman–Crippen MR) is 47.1 cm³/mol. The fraction of sp³-hybridized carbons (Fsp3) is 0.429. The van der Waals surface area contributed by atoms with E-state index in [1.54, 1.807) is 5.38 Å². The van der Waals surface area contributed by atoms with Crippen LogP contribution in [0.25, 0.3) is 0 Å². The van der Waals surface area contributed by atoms with Gasteiger partial charge in [-0.15, -0.1) is 11.3 Å². The lowest BCUT2D eigenvalue weighted by atomic mass is 10.2. The van der Waals surface area contributed by atoms with Crippen molar-refractivity contribution in [2.24, 2.45) is 5.73 Å². The van der Waals surface area contributed by atoms with Crippen molar-refractivity contribution in [2.45, 2.75) is 18.6 Å². The van der Waals surface area contributed by atoms with Gasteiger partial charge < -0.3 is 5.73 Å². The maximum Gasteiger partial charge on any atom is 0.403 e. The first-order valence-electron chi connectivity index (χ1n) is 3.45. The van der Waals surface area contributed by atoms with Crippen molar-refractivity contribution in [3.63, 3.8) is 0 Å². The Morgan fingerprint density at radius 2 is 2.15 bits per heavy atom. The molecule has 0 amide bonds. The van der Waals surface area contributed by atoms with Crippen LogP contribution in [0.3, 0.4) is 0 Å². The average Bonchev–Trinajstić information content (AvgIpc) is 2.33. The lowest BCUT2D eigenvalue weighted by Crippen LogP contribution is -2.38. The predicted octanol–water partition coefficient (Wildman–Crippen LogP) is 2.83. The maximum atomic E-state index is 12.0. The van der Waals surface area contributed by atoms with Gasteiger partial charge in [0.1, 0.15) is 6.04 Å². The minimum Gasteiger partial charge on any atom is -0.320 e. The Bertz CT molecular complexity index is 284. The van der Waals surface area contributed by atoms with Gasteiger partial charge in [-0.1, -0.05) is 11.6 Å². The average molecular weight is 230 g/mol. The molecule has 0 saturated carbocycles. The van der Waals surface area contributed by atoms with E-state index < -0.39 is 12.2 Å². The molecular weight excluding hydrogens is 223 g/mol. The Kier molecular flexibility index (Phi) is 3.21. The van der Waals surface area contributed by atoms with Gasteiger partial charge in [0.2, 0.25) is 0 Å². The molecule has 2 N–H and O–H groups in total. The summed E-state index contributed by atoms with van der Waals surface area (Å²) in [6.07, 6.45) is -4.54. The zero-order valence-electron chi connectivity index (χ0n) is 6.44. The Balaban J connectivity index is 2.60. The van der Waals surface area contributed by atoms with E-state index in [2.05, 4.69) is 0 Å². The molecule has 0 aliphatic heterocycles. The summed E-state index contributed by atoms with van der Waals surface area (Å²) in [7, 11) is 0. The van der Waals surface area contributed by atoms with Crippen molar-refractivity contribution in [3.05, 3.63) is 21.3 Å². The third-order valence-electron chi connectivity index (χ3n) is 1.46. The fourth-order valence-corrected chi connectivity index (χ4v) is 1.93. The summed E-state index contributed by atoms with van der Waals surface area (Å²) < 4.78 is 36.0. The van der Waals surface area contributed by atoms with Crippen LogP contribution in [0.1, 0.15) is 4.88 Å². The first kappa shape index (κ1) is 10.8. The molecule has 0 radical (unpaired) electrons. The molecule has 6 heteroatoms. The second-order valence-corrected chi connectivity index (χ2v) is 4.02. The van der Waals surface area contributed by atoms with Gasteiger partial charge in [-0.25, -0.2) is 0 Å². The van der Waals surface area contributed by atoms with E-state index in [0.29, 0.717) is 9.90 Å². The molecule has 1 aromatic rings. The molecule has 1 unspecified atom stereocenters. The van der Waals surface area contributed by atoms with Gasteiger partial charge in [-0.3, -0.25) is 0 Å². The monoisotopic (exact) mass is 229 g/mol. The van der Waals surface area contributed by atoms with E-state index >= 15 is 0 Å². The molecule has 1 heterocycles. The Hall–Kier alpha value is -0.260. The van der Waals surface area contributed by atoms with Gasteiger partial charge in [0, 0.05) is 16.7 Å². The topological polar surface area (TPSA) is 26.0 Å². The minimum atomic E-state index is -4.34. The molecule has 0 bridgehead atoms. The first-order valence-corrected chi connectivity index (χ1v) is 4.70. The zero-order valence-corrected chi connectivity index (χ0v) is 8.01. The highest BCUT2D eigenvalue weighted by Gasteiger charge is 2.36. The van der Waals surface area contributed by atoms with Crippen LogP contribution >= 0.6 is 22.9 Å². The lowest BCUT2D eigenvalue weighted by Gasteiger charge is -2.13. The number of hydrogen-bond donors (Lipinski definition) is 1. The number of nitrogens with two attached hydrogens (primary N) is 1. The van der Waals surface area contributed by atoms with Crippen molar-refractivity contribution in [2.75, 3.05) is 0 Å². The molecule has 1 aromatic heterocycles. The molecule has 1 atom stereocenters. The second-order valence-electron chi connectivity index (χ2n) is 2.58. The van der Waals surface area contributed by atoms with Crippen LogP contribution < -0.4 is 5.73 Å². The summed E-state index contributed by atoms with van der Waals surface area (Å²) >= 11 is 6.73. The van der Waals surface area contributed by atoms with E-state index in [1.165, 1.54) is 17.4 Å². The van der Waals surface area contributed by atoms with Gasteiger partial charge >= 0.3 is 6.18 Å². The number of halogens is 4. The van der Waals surface area contributed by atoms with Crippen molar-refractivity contribution >= 4 is 22.9 Å². The van der Waals surface area contributed by atoms with Gasteiger partial charge in [0.25, 0.3) is 0 Å². The molecular formula is C7H7ClF3NS. The molecule has 13 heavy (non-hydrogen) atoms. The van der Waals surface area contributed by atoms with E-state index in [-0.39, 0.29) is 6.42 Å². The second kappa shape index (κ2) is 3.86. The van der Waals surface area contributed by atoms with Crippen LogP contribution in [0, 0.1) is 0 Å². The minimum absolute atomic E-state index is 0.207. The Morgan fingerprint density at radius 1 is 1.54 bits per heavy atom. The normalized spacial score (nSPS) is 14.5. The van der Waals surface area contributed by atoms with Crippen LogP contribution in [0.2, 0.25) is 5.02 Å². The van der Waals surface area contributed by atoms with Crippen LogP contribution in [0.4, 0.5) is 13.2 Å². The SMILES string of the molecule is NC(Cc1cc(Cl)cs1)C(F)(F)F. The van der Waals surface area contributed by atoms with Crippen molar-refractivity contribution in [1.29, 1.82) is 0 Å². The molecule has 1 rings (SSSR count). The highest BCUT2D eigenvalue weighted by atomic mass is 35.5. The van der Waals surface area contributed by atoms with E-state index in [1.807, 2.05) is 0 Å². The number of alkyl halides is 3. The van der Waals surface area contributed by atoms with Gasteiger partial charge in [-0.05, 0) is 6.07 Å². The molecule has 74 valence electrons. The lowest BCUT2D eigenvalue weighted by molar-refractivity contribution is -0.147. The Morgan fingerprint density at radius 3 is 2.54 bits per heavy atom. The molecule has 0 aliphatic carbocycles. The quantitative estimate of drug-likeness (QED) is 0.829. The summed E-state index contributed by atoms with van der Waals surface area (Å²) in [5, 5.41) is 2.04. The van der Waals surface area contributed by atoms with Gasteiger partial charge in [0.15, 0.2) is 0 Å². The Labute approximate surface area is 82.3 Å². The molecule has 0 spiro atoms. The van der Waals surface area contributed by atoms with Crippen LogP contribution in [-0.2, 0) is 6.42 Å². The van der Waals surface area contributed by atoms with Gasteiger partial charge in [0.05, 0.1) is 5.02 Å². The van der Waals surface area contributed by atoms with Crippen molar-refractivity contribution in [1.82, 2.24) is 0 Å². The summed E-state index contributed by atoms with van der Waals surface area (Å²) in [5.41, 5.74) is 4.93. The zero-order chi connectivity index (χ0) is 10.1. The highest BCUT2D eigenvalue weighted by Crippen LogP contribution is 2.25. The van der Waals surface area contributed by atoms with E-state index in [4.69, 9.17) is 17.3 Å². The van der Waals surface area contributed by atoms with Crippen LogP contribution in [0.5, 0.6) is 0 Å². The molecule has 0 aromatic carbocycles. The molecule has 0 saturated heterocycles. The number of rotatable bonds is 2. The molecule has 1 nitrogen and oxygen atoms in total. The summed E-state index contributed by atoms with van der Waals surface area (Å²) in [4.78, 5) is 0.551. The highest BCUT2D eigenvalue weighted by molar-refractivity contribution is 7.10. The van der Waals surface area contributed by atoms with Crippen LogP contribution in [0.15, 0.2) is 11.4 Å². The summed E-state index contributed by atoms with van der Waals surface area (Å²) in [5.74, 6) is 0. The third-order valence-corrected chi connectivity index (χ3v) is 2.77. The van der Waals surface area contributed by atoms with Crippen molar-refractivity contribution < 1.29 is 13.2 Å². The summed E-state index contributed by atoms with van der Waals surface area (Å²) in [6.45, 7) is 0. The fourth-order valence-electron chi connectivity index (χ4n) is 0.793. The van der Waals surface area contributed by atoms with E-state index in [9.17, 15) is 13.2 Å². The molecule has 0 fully saturated rings. The maximum absolute atomic E-state index is 12.0. The standard InChI is InChI=1S/C7H7ClF3NS/c8-4-1-5(13-3-4)2-6(12)7(9,10)11/h1,3,6H,2,12H2. The van der Waals surface area contributed by atoms with Crippen LogP contribution in [-0.4, -0.2) is 12.2 Å². The van der Waals surface area contributed by atoms with E-state index in [0.717, 1.165) is 0 Å². The molecule has 0 aliphatic rings. The smallest absolute Gasteiger partial charge is 0.320 e. The summed E-state index contributed by atoms with van der Waals surface area (Å²) in [6, 6.07) is -0.306. The third kappa shape index (κ3) is 3.17.